The third kappa shape index (κ3) is 5.86. The molecule has 2 aromatic rings. The average Bonchev–Trinajstić information content (AvgIpc) is 2.63. The van der Waals surface area contributed by atoms with E-state index in [1.54, 1.807) is 11.8 Å². The number of rotatable bonds is 6. The zero-order valence-electron chi connectivity index (χ0n) is 15.1. The number of aryl methyl sites for hydroxylation is 1. The van der Waals surface area contributed by atoms with Crippen LogP contribution in [-0.2, 0) is 11.3 Å². The number of thioether (sulfide) groups is 1. The molecule has 0 aromatic heterocycles. The lowest BCUT2D eigenvalue weighted by Gasteiger charge is -2.32. The Bertz CT molecular complexity index is 730. The summed E-state index contributed by atoms with van der Waals surface area (Å²) in [4.78, 5) is 15.9. The first kappa shape index (κ1) is 19.5. The molecule has 26 heavy (non-hydrogen) atoms. The van der Waals surface area contributed by atoms with Gasteiger partial charge in [-0.2, -0.15) is 0 Å². The van der Waals surface area contributed by atoms with E-state index in [2.05, 4.69) is 75.5 Å². The number of nitrogens with zero attached hydrogens (tertiary/aromatic N) is 1. The lowest BCUT2D eigenvalue weighted by Crippen LogP contribution is -2.44. The van der Waals surface area contributed by atoms with Crippen LogP contribution in [0.5, 0.6) is 0 Å². The van der Waals surface area contributed by atoms with Crippen molar-refractivity contribution in [1.82, 2.24) is 10.2 Å². The van der Waals surface area contributed by atoms with E-state index in [4.69, 9.17) is 0 Å². The number of hydrogen-bond donors (Lipinski definition) is 1. The van der Waals surface area contributed by atoms with Crippen LogP contribution in [0.15, 0.2) is 57.9 Å². The fourth-order valence-corrected chi connectivity index (χ4v) is 4.56. The summed E-state index contributed by atoms with van der Waals surface area (Å²) in [7, 11) is 0. The van der Waals surface area contributed by atoms with Crippen molar-refractivity contribution in [3.8, 4) is 0 Å². The van der Waals surface area contributed by atoms with Crippen LogP contribution in [0.2, 0.25) is 0 Å². The van der Waals surface area contributed by atoms with Crippen molar-refractivity contribution < 1.29 is 4.79 Å². The molecule has 0 unspecified atom stereocenters. The van der Waals surface area contributed by atoms with Crippen LogP contribution in [0.4, 0.5) is 0 Å². The second-order valence-corrected chi connectivity index (χ2v) is 8.73. The minimum Gasteiger partial charge on any atom is -0.353 e. The Morgan fingerprint density at radius 2 is 1.92 bits per heavy atom. The monoisotopic (exact) mass is 432 g/mol. The van der Waals surface area contributed by atoms with Crippen molar-refractivity contribution in [1.29, 1.82) is 0 Å². The molecule has 5 heteroatoms. The molecule has 1 amide bonds. The maximum absolute atomic E-state index is 12.3. The molecule has 0 atom stereocenters. The van der Waals surface area contributed by atoms with Crippen molar-refractivity contribution in [3.63, 3.8) is 0 Å². The Morgan fingerprint density at radius 3 is 2.62 bits per heavy atom. The standard InChI is InChI=1S/C21H25BrN2OS/c1-16-13-18(22)7-8-20(16)26-15-21(25)23-19-9-11-24(12-10-19)14-17-5-3-2-4-6-17/h2-8,13,19H,9-12,14-15H2,1H3,(H,23,25). The Labute approximate surface area is 168 Å². The van der Waals surface area contributed by atoms with Gasteiger partial charge in [0, 0.05) is 35.0 Å². The molecule has 1 heterocycles. The van der Waals surface area contributed by atoms with E-state index in [0.29, 0.717) is 11.8 Å². The van der Waals surface area contributed by atoms with Gasteiger partial charge in [0.15, 0.2) is 0 Å². The van der Waals surface area contributed by atoms with Crippen molar-refractivity contribution in [2.75, 3.05) is 18.8 Å². The molecule has 2 aromatic carbocycles. The number of amides is 1. The van der Waals surface area contributed by atoms with E-state index in [-0.39, 0.29) is 5.91 Å². The molecule has 3 nitrogen and oxygen atoms in total. The smallest absolute Gasteiger partial charge is 0.230 e. The quantitative estimate of drug-likeness (QED) is 0.675. The van der Waals surface area contributed by atoms with E-state index in [0.717, 1.165) is 36.9 Å². The number of carbonyl (C=O) groups is 1. The topological polar surface area (TPSA) is 32.3 Å². The van der Waals surface area contributed by atoms with Gasteiger partial charge in [0.1, 0.15) is 0 Å². The van der Waals surface area contributed by atoms with E-state index in [1.807, 2.05) is 6.07 Å². The van der Waals surface area contributed by atoms with Gasteiger partial charge in [-0.15, -0.1) is 11.8 Å². The molecule has 1 aliphatic heterocycles. The Balaban J connectivity index is 1.39. The summed E-state index contributed by atoms with van der Waals surface area (Å²) in [6.45, 7) is 5.16. The predicted octanol–water partition coefficient (Wildman–Crippen LogP) is 4.63. The van der Waals surface area contributed by atoms with Crippen LogP contribution in [0.25, 0.3) is 0 Å². The van der Waals surface area contributed by atoms with E-state index in [1.165, 1.54) is 16.0 Å². The van der Waals surface area contributed by atoms with Gasteiger partial charge in [-0.3, -0.25) is 9.69 Å². The maximum atomic E-state index is 12.3. The molecule has 3 rings (SSSR count). The van der Waals surface area contributed by atoms with Crippen LogP contribution in [0.1, 0.15) is 24.0 Å². The Morgan fingerprint density at radius 1 is 1.19 bits per heavy atom. The van der Waals surface area contributed by atoms with Crippen molar-refractivity contribution in [2.45, 2.75) is 37.2 Å². The Kier molecular flexibility index (Phi) is 7.17. The number of halogens is 1. The van der Waals surface area contributed by atoms with Gasteiger partial charge < -0.3 is 5.32 Å². The third-order valence-electron chi connectivity index (χ3n) is 4.70. The summed E-state index contributed by atoms with van der Waals surface area (Å²) in [6, 6.07) is 17.1. The van der Waals surface area contributed by atoms with E-state index < -0.39 is 0 Å². The fourth-order valence-electron chi connectivity index (χ4n) is 3.26. The molecule has 1 fully saturated rings. The minimum atomic E-state index is 0.138. The predicted molar refractivity (Wildman–Crippen MR) is 112 cm³/mol. The molecule has 0 aliphatic carbocycles. The van der Waals surface area contributed by atoms with Gasteiger partial charge in [-0.1, -0.05) is 46.3 Å². The summed E-state index contributed by atoms with van der Waals surface area (Å²) in [6.07, 6.45) is 2.06. The highest BCUT2D eigenvalue weighted by molar-refractivity contribution is 9.10. The van der Waals surface area contributed by atoms with Crippen LogP contribution in [-0.4, -0.2) is 35.7 Å². The highest BCUT2D eigenvalue weighted by atomic mass is 79.9. The molecule has 138 valence electrons. The summed E-state index contributed by atoms with van der Waals surface area (Å²) in [5.41, 5.74) is 2.56. The van der Waals surface area contributed by atoms with Gasteiger partial charge >= 0.3 is 0 Å². The van der Waals surface area contributed by atoms with Crippen LogP contribution in [0.3, 0.4) is 0 Å². The third-order valence-corrected chi connectivity index (χ3v) is 6.37. The minimum absolute atomic E-state index is 0.138. The van der Waals surface area contributed by atoms with E-state index >= 15 is 0 Å². The summed E-state index contributed by atoms with van der Waals surface area (Å²) < 4.78 is 1.08. The van der Waals surface area contributed by atoms with Crippen molar-refractivity contribution >= 4 is 33.6 Å². The fraction of sp³-hybridized carbons (Fsp3) is 0.381. The van der Waals surface area contributed by atoms with Crippen molar-refractivity contribution in [3.05, 3.63) is 64.1 Å². The van der Waals surface area contributed by atoms with Gasteiger partial charge in [-0.25, -0.2) is 0 Å². The second-order valence-electron chi connectivity index (χ2n) is 6.80. The molecule has 0 spiro atoms. The SMILES string of the molecule is Cc1cc(Br)ccc1SCC(=O)NC1CCN(Cc2ccccc2)CC1. The number of benzene rings is 2. The van der Waals surface area contributed by atoms with Gasteiger partial charge in [0.25, 0.3) is 0 Å². The molecular formula is C21H25BrN2OS. The molecule has 0 radical (unpaired) electrons. The van der Waals surface area contributed by atoms with Crippen LogP contribution in [0, 0.1) is 6.92 Å². The van der Waals surface area contributed by atoms with Crippen LogP contribution >= 0.6 is 27.7 Å². The number of hydrogen-bond acceptors (Lipinski definition) is 3. The molecular weight excluding hydrogens is 408 g/mol. The van der Waals surface area contributed by atoms with Crippen LogP contribution < -0.4 is 5.32 Å². The maximum Gasteiger partial charge on any atom is 0.230 e. The molecule has 0 saturated carbocycles. The number of nitrogens with one attached hydrogen (secondary N) is 1. The first-order valence-electron chi connectivity index (χ1n) is 9.05. The Hall–Kier alpha value is -1.30. The van der Waals surface area contributed by atoms with E-state index in [9.17, 15) is 4.79 Å². The molecule has 1 N–H and O–H groups in total. The lowest BCUT2D eigenvalue weighted by atomic mass is 10.0. The zero-order chi connectivity index (χ0) is 18.4. The molecule has 1 aliphatic rings. The van der Waals surface area contributed by atoms with Gasteiger partial charge in [0.05, 0.1) is 5.75 Å². The molecule has 1 saturated heterocycles. The summed E-state index contributed by atoms with van der Waals surface area (Å²) in [5, 5.41) is 3.21. The van der Waals surface area contributed by atoms with Gasteiger partial charge in [0.2, 0.25) is 5.91 Å². The summed E-state index contributed by atoms with van der Waals surface area (Å²) >= 11 is 5.09. The highest BCUT2D eigenvalue weighted by Gasteiger charge is 2.20. The van der Waals surface area contributed by atoms with Gasteiger partial charge in [-0.05, 0) is 49.1 Å². The normalized spacial score (nSPS) is 15.8. The first-order chi connectivity index (χ1) is 12.6. The highest BCUT2D eigenvalue weighted by Crippen LogP contribution is 2.25. The summed E-state index contributed by atoms with van der Waals surface area (Å²) in [5.74, 6) is 0.617. The number of piperidine rings is 1. The molecule has 0 bridgehead atoms. The van der Waals surface area contributed by atoms with Crippen molar-refractivity contribution in [2.24, 2.45) is 0 Å². The zero-order valence-corrected chi connectivity index (χ0v) is 17.5. The second kappa shape index (κ2) is 9.58. The lowest BCUT2D eigenvalue weighted by molar-refractivity contribution is -0.119. The average molecular weight is 433 g/mol. The first-order valence-corrected chi connectivity index (χ1v) is 10.8. The number of carbonyl (C=O) groups excluding carboxylic acids is 1. The largest absolute Gasteiger partial charge is 0.353 e. The number of likely N-dealkylation sites (tertiary alicyclic amines) is 1.